The van der Waals surface area contributed by atoms with E-state index in [0.29, 0.717) is 5.33 Å². The molecule has 0 aliphatic rings. The summed E-state index contributed by atoms with van der Waals surface area (Å²) >= 11 is 6.59. The summed E-state index contributed by atoms with van der Waals surface area (Å²) in [5.74, 6) is 0.0976. The largest absolute Gasteiger partial charge is 0.292 e. The highest BCUT2D eigenvalue weighted by Crippen LogP contribution is 2.15. The second-order valence-electron chi connectivity index (χ2n) is 1.53. The van der Waals surface area contributed by atoms with Crippen molar-refractivity contribution in [3.63, 3.8) is 0 Å². The van der Waals surface area contributed by atoms with Gasteiger partial charge < -0.3 is 0 Å². The molecule has 1 aromatic rings. The fourth-order valence-electron chi connectivity index (χ4n) is 0.448. The van der Waals surface area contributed by atoms with Gasteiger partial charge in [-0.15, -0.1) is 11.3 Å². The van der Waals surface area contributed by atoms with Gasteiger partial charge in [0.25, 0.3) is 0 Å². The molecule has 0 aromatic carbocycles. The lowest BCUT2D eigenvalue weighted by Crippen LogP contribution is -1.94. The van der Waals surface area contributed by atoms with E-state index in [1.165, 1.54) is 11.3 Å². The Balaban J connectivity index is 2.85. The molecule has 0 atom stereocenters. The molecule has 0 aliphatic heterocycles. The molecule has 0 aliphatic carbocycles. The molecule has 2 nitrogen and oxygen atoms in total. The van der Waals surface area contributed by atoms with Crippen LogP contribution < -0.4 is 0 Å². The molecule has 0 spiro atoms. The molecular weight excluding hydrogens is 329 g/mol. The van der Waals surface area contributed by atoms with Gasteiger partial charge in [0.1, 0.15) is 0 Å². The first-order valence-corrected chi connectivity index (χ1v) is 5.46. The standard InChI is InChI=1S/C5H3BrINOS/c6-1-3(9)4-2-8-5(7)10-4/h2H,1H2. The smallest absolute Gasteiger partial charge is 0.184 e. The Morgan fingerprint density at radius 3 is 3.00 bits per heavy atom. The highest BCUT2D eigenvalue weighted by molar-refractivity contribution is 14.1. The maximum absolute atomic E-state index is 10.9. The minimum atomic E-state index is 0.0976. The Morgan fingerprint density at radius 2 is 2.60 bits per heavy atom. The number of rotatable bonds is 2. The number of thiazole rings is 1. The van der Waals surface area contributed by atoms with Crippen molar-refractivity contribution in [3.8, 4) is 0 Å². The van der Waals surface area contributed by atoms with Gasteiger partial charge in [0, 0.05) is 0 Å². The number of nitrogens with zero attached hydrogens (tertiary/aromatic N) is 1. The first-order chi connectivity index (χ1) is 4.74. The molecule has 54 valence electrons. The Morgan fingerprint density at radius 1 is 1.90 bits per heavy atom. The van der Waals surface area contributed by atoms with Gasteiger partial charge in [-0.2, -0.15) is 0 Å². The second kappa shape index (κ2) is 3.77. The van der Waals surface area contributed by atoms with Gasteiger partial charge in [-0.05, 0) is 22.6 Å². The van der Waals surface area contributed by atoms with Crippen LogP contribution in [-0.2, 0) is 0 Å². The monoisotopic (exact) mass is 331 g/mol. The van der Waals surface area contributed by atoms with Crippen LogP contribution in [0.25, 0.3) is 0 Å². The highest BCUT2D eigenvalue weighted by atomic mass is 127. The third-order valence-electron chi connectivity index (χ3n) is 0.874. The molecule has 0 bridgehead atoms. The van der Waals surface area contributed by atoms with Crippen LogP contribution >= 0.6 is 49.9 Å². The summed E-state index contributed by atoms with van der Waals surface area (Å²) in [6.45, 7) is 0. The molecule has 0 saturated carbocycles. The molecule has 0 saturated heterocycles. The number of carbonyl (C=O) groups is 1. The molecule has 0 amide bonds. The summed E-state index contributed by atoms with van der Waals surface area (Å²) in [6.07, 6.45) is 1.61. The van der Waals surface area contributed by atoms with Gasteiger partial charge >= 0.3 is 0 Å². The Hall–Kier alpha value is 0.510. The van der Waals surface area contributed by atoms with Crippen molar-refractivity contribution in [1.29, 1.82) is 0 Å². The van der Waals surface area contributed by atoms with E-state index in [4.69, 9.17) is 0 Å². The summed E-state index contributed by atoms with van der Waals surface area (Å²) in [5.41, 5.74) is 0. The summed E-state index contributed by atoms with van der Waals surface area (Å²) < 4.78 is 0.905. The number of hydrogen-bond acceptors (Lipinski definition) is 3. The van der Waals surface area contributed by atoms with Crippen molar-refractivity contribution in [2.45, 2.75) is 0 Å². The number of carbonyl (C=O) groups excluding carboxylic acids is 1. The topological polar surface area (TPSA) is 30.0 Å². The summed E-state index contributed by atoms with van der Waals surface area (Å²) in [7, 11) is 0. The third kappa shape index (κ3) is 2.00. The van der Waals surface area contributed by atoms with Crippen molar-refractivity contribution < 1.29 is 4.79 Å². The predicted octanol–water partition coefficient (Wildman–Crippen LogP) is 2.33. The SMILES string of the molecule is O=C(CBr)c1cnc(I)s1. The number of Topliss-reactive ketones (excluding diaryl/α,β-unsaturated/α-hetero) is 1. The van der Waals surface area contributed by atoms with Crippen LogP contribution in [0.3, 0.4) is 0 Å². The molecule has 0 radical (unpaired) electrons. The zero-order valence-electron chi connectivity index (χ0n) is 4.80. The number of aromatic nitrogens is 1. The van der Waals surface area contributed by atoms with Crippen LogP contribution in [0.2, 0.25) is 0 Å². The van der Waals surface area contributed by atoms with Gasteiger partial charge in [0.05, 0.1) is 16.4 Å². The number of hydrogen-bond donors (Lipinski definition) is 0. The van der Waals surface area contributed by atoms with E-state index in [0.717, 1.165) is 7.89 Å². The Bertz CT molecular complexity index is 250. The third-order valence-corrected chi connectivity index (χ3v) is 3.15. The fraction of sp³-hybridized carbons (Fsp3) is 0.200. The fourth-order valence-corrected chi connectivity index (χ4v) is 2.36. The number of ketones is 1. The molecule has 0 N–H and O–H groups in total. The van der Waals surface area contributed by atoms with E-state index in [2.05, 4.69) is 43.5 Å². The average Bonchev–Trinajstić information content (AvgIpc) is 2.34. The lowest BCUT2D eigenvalue weighted by Gasteiger charge is -1.84. The predicted molar refractivity (Wildman–Crippen MR) is 53.0 cm³/mol. The van der Waals surface area contributed by atoms with Crippen LogP contribution in [0.4, 0.5) is 0 Å². The first-order valence-electron chi connectivity index (χ1n) is 2.44. The number of alkyl halides is 1. The van der Waals surface area contributed by atoms with E-state index in [1.807, 2.05) is 0 Å². The zero-order valence-corrected chi connectivity index (χ0v) is 9.36. The van der Waals surface area contributed by atoms with Gasteiger partial charge in [0.2, 0.25) is 0 Å². The van der Waals surface area contributed by atoms with E-state index < -0.39 is 0 Å². The van der Waals surface area contributed by atoms with E-state index >= 15 is 0 Å². The molecule has 0 unspecified atom stereocenters. The summed E-state index contributed by atoms with van der Waals surface area (Å²) in [5, 5.41) is 0.380. The zero-order chi connectivity index (χ0) is 7.56. The molecule has 1 heterocycles. The van der Waals surface area contributed by atoms with Crippen molar-refractivity contribution in [3.05, 3.63) is 14.1 Å². The Labute approximate surface area is 84.3 Å². The van der Waals surface area contributed by atoms with Gasteiger partial charge in [-0.1, -0.05) is 15.9 Å². The summed E-state index contributed by atoms with van der Waals surface area (Å²) in [4.78, 5) is 15.6. The summed E-state index contributed by atoms with van der Waals surface area (Å²) in [6, 6.07) is 0. The molecular formula is C5H3BrINOS. The van der Waals surface area contributed by atoms with Gasteiger partial charge in [-0.25, -0.2) is 4.98 Å². The van der Waals surface area contributed by atoms with Crippen molar-refractivity contribution >= 4 is 55.6 Å². The maximum Gasteiger partial charge on any atom is 0.184 e. The minimum Gasteiger partial charge on any atom is -0.292 e. The van der Waals surface area contributed by atoms with Crippen LogP contribution in [0.15, 0.2) is 6.20 Å². The molecule has 5 heteroatoms. The lowest BCUT2D eigenvalue weighted by molar-refractivity contribution is 0.102. The van der Waals surface area contributed by atoms with Crippen molar-refractivity contribution in [2.24, 2.45) is 0 Å². The first kappa shape index (κ1) is 8.61. The number of halogens is 2. The lowest BCUT2D eigenvalue weighted by atomic mass is 10.4. The van der Waals surface area contributed by atoms with Crippen molar-refractivity contribution in [2.75, 3.05) is 5.33 Å². The van der Waals surface area contributed by atoms with Crippen LogP contribution in [-0.4, -0.2) is 16.1 Å². The average molecular weight is 332 g/mol. The van der Waals surface area contributed by atoms with Crippen LogP contribution in [0.5, 0.6) is 0 Å². The molecule has 0 fully saturated rings. The van der Waals surface area contributed by atoms with Gasteiger partial charge in [0.15, 0.2) is 8.80 Å². The highest BCUT2D eigenvalue weighted by Gasteiger charge is 2.06. The van der Waals surface area contributed by atoms with Crippen LogP contribution in [0.1, 0.15) is 9.67 Å². The molecule has 1 rings (SSSR count). The second-order valence-corrected chi connectivity index (χ2v) is 4.88. The maximum atomic E-state index is 10.9. The van der Waals surface area contributed by atoms with E-state index in [-0.39, 0.29) is 5.78 Å². The van der Waals surface area contributed by atoms with Crippen LogP contribution in [0, 0.1) is 3.01 Å². The van der Waals surface area contributed by atoms with E-state index in [1.54, 1.807) is 6.20 Å². The van der Waals surface area contributed by atoms with E-state index in [9.17, 15) is 4.79 Å². The Kier molecular flexibility index (Phi) is 3.25. The minimum absolute atomic E-state index is 0.0976. The van der Waals surface area contributed by atoms with Crippen molar-refractivity contribution in [1.82, 2.24) is 4.98 Å². The van der Waals surface area contributed by atoms with Gasteiger partial charge in [-0.3, -0.25) is 4.79 Å². The normalized spacial score (nSPS) is 9.80. The molecule has 1 aromatic heterocycles. The quantitative estimate of drug-likeness (QED) is 0.473. The molecule has 10 heavy (non-hydrogen) atoms.